The van der Waals surface area contributed by atoms with Gasteiger partial charge >= 0.3 is 0 Å². The van der Waals surface area contributed by atoms with Gasteiger partial charge in [0.2, 0.25) is 21.8 Å². The van der Waals surface area contributed by atoms with Gasteiger partial charge in [0.25, 0.3) is 0 Å². The summed E-state index contributed by atoms with van der Waals surface area (Å²) in [7, 11) is -3.55. The lowest BCUT2D eigenvalue weighted by Crippen LogP contribution is -2.50. The summed E-state index contributed by atoms with van der Waals surface area (Å²) in [5, 5.41) is 3.65. The van der Waals surface area contributed by atoms with Gasteiger partial charge in [-0.2, -0.15) is 0 Å². The van der Waals surface area contributed by atoms with E-state index in [0.29, 0.717) is 24.4 Å². The molecule has 9 heteroatoms. The van der Waals surface area contributed by atoms with Crippen LogP contribution in [0.1, 0.15) is 41.5 Å². The van der Waals surface area contributed by atoms with Gasteiger partial charge in [0.05, 0.1) is 4.90 Å². The molecule has 0 spiro atoms. The molecule has 0 aliphatic heterocycles. The summed E-state index contributed by atoms with van der Waals surface area (Å²) in [4.78, 5) is 29.6. The molecule has 0 saturated heterocycles. The van der Waals surface area contributed by atoms with Gasteiger partial charge in [-0.3, -0.25) is 9.59 Å². The van der Waals surface area contributed by atoms with E-state index in [1.54, 1.807) is 41.3 Å². The van der Waals surface area contributed by atoms with E-state index in [2.05, 4.69) is 10.0 Å². The molecule has 1 aliphatic carbocycles. The molecule has 0 radical (unpaired) electrons. The number of nitrogens with zero attached hydrogens (tertiary/aromatic N) is 1. The molecule has 2 amide bonds. The largest absolute Gasteiger partial charge is 0.350 e. The van der Waals surface area contributed by atoms with Gasteiger partial charge in [0, 0.05) is 37.0 Å². The van der Waals surface area contributed by atoms with E-state index in [1.165, 1.54) is 0 Å². The van der Waals surface area contributed by atoms with Gasteiger partial charge in [0.15, 0.2) is 0 Å². The highest BCUT2D eigenvalue weighted by molar-refractivity contribution is 7.89. The lowest BCUT2D eigenvalue weighted by Gasteiger charge is -2.31. The van der Waals surface area contributed by atoms with Crippen LogP contribution in [0.3, 0.4) is 0 Å². The number of nitrogens with one attached hydrogen (secondary N) is 2. The summed E-state index contributed by atoms with van der Waals surface area (Å²) < 4.78 is 27.8. The standard InChI is InChI=1S/C35H36ClN3O4S/c36-30-16-11-28(12-17-30)24-37-35(41)33(23-27-7-3-1-4-8-27)39(25-29-9-5-2-6-10-29)34(40)22-15-26-13-20-32(21-14-26)44(42,43)38-31-18-19-31/h1-14,16-17,20-21,31,33,38H,15,18-19,22-25H2,(H,37,41)/t33-/m1/s1. The number of amides is 2. The van der Waals surface area contributed by atoms with Gasteiger partial charge < -0.3 is 10.2 Å². The van der Waals surface area contributed by atoms with Crippen molar-refractivity contribution in [3.05, 3.63) is 136 Å². The van der Waals surface area contributed by atoms with Crippen molar-refractivity contribution in [2.45, 2.75) is 62.2 Å². The van der Waals surface area contributed by atoms with E-state index in [0.717, 1.165) is 35.1 Å². The maximum atomic E-state index is 13.9. The van der Waals surface area contributed by atoms with Crippen LogP contribution in [0.5, 0.6) is 0 Å². The van der Waals surface area contributed by atoms with Crippen LogP contribution in [0, 0.1) is 0 Å². The Kier molecular flexibility index (Phi) is 10.5. The quantitative estimate of drug-likeness (QED) is 0.188. The lowest BCUT2D eigenvalue weighted by molar-refractivity contribution is -0.141. The smallest absolute Gasteiger partial charge is 0.243 e. The van der Waals surface area contributed by atoms with Crippen LogP contribution < -0.4 is 10.0 Å². The van der Waals surface area contributed by atoms with Gasteiger partial charge in [-0.1, -0.05) is 96.5 Å². The minimum absolute atomic E-state index is 0.0279. The lowest BCUT2D eigenvalue weighted by atomic mass is 10.0. The fraction of sp³-hybridized carbons (Fsp3) is 0.257. The van der Waals surface area contributed by atoms with Crippen LogP contribution in [-0.4, -0.2) is 37.2 Å². The summed E-state index contributed by atoms with van der Waals surface area (Å²) in [6, 6.07) is 32.5. The van der Waals surface area contributed by atoms with Crippen LogP contribution >= 0.6 is 11.6 Å². The minimum atomic E-state index is -3.55. The number of carbonyl (C=O) groups is 2. The van der Waals surface area contributed by atoms with Crippen molar-refractivity contribution in [2.24, 2.45) is 0 Å². The highest BCUT2D eigenvalue weighted by atomic mass is 35.5. The first-order valence-corrected chi connectivity index (χ1v) is 16.6. The maximum Gasteiger partial charge on any atom is 0.243 e. The molecule has 0 bridgehead atoms. The number of carbonyl (C=O) groups excluding carboxylic acids is 2. The molecule has 44 heavy (non-hydrogen) atoms. The van der Waals surface area contributed by atoms with Gasteiger partial charge in [-0.15, -0.1) is 0 Å². The van der Waals surface area contributed by atoms with Gasteiger partial charge in [0.1, 0.15) is 6.04 Å². The third kappa shape index (κ3) is 9.02. The number of benzene rings is 4. The predicted molar refractivity (Wildman–Crippen MR) is 172 cm³/mol. The van der Waals surface area contributed by atoms with Gasteiger partial charge in [-0.05, 0) is 65.8 Å². The topological polar surface area (TPSA) is 95.6 Å². The van der Waals surface area contributed by atoms with Crippen molar-refractivity contribution in [3.8, 4) is 0 Å². The molecule has 0 heterocycles. The summed E-state index contributed by atoms with van der Waals surface area (Å²) in [5.41, 5.74) is 3.61. The summed E-state index contributed by atoms with van der Waals surface area (Å²) in [6.45, 7) is 0.578. The monoisotopic (exact) mass is 629 g/mol. The second-order valence-electron chi connectivity index (χ2n) is 11.1. The molecular weight excluding hydrogens is 594 g/mol. The number of sulfonamides is 1. The summed E-state index contributed by atoms with van der Waals surface area (Å²) >= 11 is 6.03. The Morgan fingerprint density at radius 3 is 1.98 bits per heavy atom. The second-order valence-corrected chi connectivity index (χ2v) is 13.2. The molecule has 1 atom stereocenters. The van der Waals surface area contributed by atoms with Crippen molar-refractivity contribution in [3.63, 3.8) is 0 Å². The number of aryl methyl sites for hydroxylation is 1. The first kappa shape index (κ1) is 31.4. The van der Waals surface area contributed by atoms with E-state index in [1.807, 2.05) is 72.8 Å². The number of hydrogen-bond acceptors (Lipinski definition) is 4. The van der Waals surface area contributed by atoms with Gasteiger partial charge in [-0.25, -0.2) is 13.1 Å². The van der Waals surface area contributed by atoms with Crippen molar-refractivity contribution in [2.75, 3.05) is 0 Å². The highest BCUT2D eigenvalue weighted by Gasteiger charge is 2.31. The SMILES string of the molecule is O=C(NCc1ccc(Cl)cc1)[C@@H](Cc1ccccc1)N(Cc1ccccc1)C(=O)CCc1ccc(S(=O)(=O)NC2CC2)cc1. The Morgan fingerprint density at radius 2 is 1.36 bits per heavy atom. The fourth-order valence-corrected chi connectivity index (χ4v) is 6.39. The van der Waals surface area contributed by atoms with Crippen LogP contribution in [0.2, 0.25) is 5.02 Å². The maximum absolute atomic E-state index is 13.9. The van der Waals surface area contributed by atoms with Crippen LogP contribution in [0.25, 0.3) is 0 Å². The first-order chi connectivity index (χ1) is 21.3. The fourth-order valence-electron chi connectivity index (χ4n) is 4.96. The summed E-state index contributed by atoms with van der Waals surface area (Å²) in [6.07, 6.45) is 2.65. The molecule has 4 aromatic carbocycles. The predicted octanol–water partition coefficient (Wildman–Crippen LogP) is 5.67. The molecule has 0 aromatic heterocycles. The van der Waals surface area contributed by atoms with E-state index in [9.17, 15) is 18.0 Å². The van der Waals surface area contributed by atoms with Crippen molar-refractivity contribution >= 4 is 33.4 Å². The Morgan fingerprint density at radius 1 is 0.773 bits per heavy atom. The van der Waals surface area contributed by atoms with Crippen LogP contribution in [0.4, 0.5) is 0 Å². The Hall–Kier alpha value is -3.98. The third-order valence-corrected chi connectivity index (χ3v) is 9.40. The molecular formula is C35H36ClN3O4S. The normalized spacial score (nSPS) is 13.7. The zero-order valence-corrected chi connectivity index (χ0v) is 25.9. The Labute approximate surface area is 264 Å². The average Bonchev–Trinajstić information content (AvgIpc) is 3.85. The van der Waals surface area contributed by atoms with E-state index >= 15 is 0 Å². The molecule has 5 rings (SSSR count). The molecule has 228 valence electrons. The molecule has 2 N–H and O–H groups in total. The molecule has 1 saturated carbocycles. The number of rotatable bonds is 14. The van der Waals surface area contributed by atoms with E-state index in [-0.39, 0.29) is 35.7 Å². The third-order valence-electron chi connectivity index (χ3n) is 7.61. The molecule has 7 nitrogen and oxygen atoms in total. The molecule has 4 aromatic rings. The molecule has 1 fully saturated rings. The Bertz CT molecular complexity index is 1640. The highest BCUT2D eigenvalue weighted by Crippen LogP contribution is 2.23. The zero-order chi connectivity index (χ0) is 30.9. The van der Waals surface area contributed by atoms with Crippen LogP contribution in [-0.2, 0) is 45.5 Å². The first-order valence-electron chi connectivity index (χ1n) is 14.8. The van der Waals surface area contributed by atoms with Crippen molar-refractivity contribution in [1.82, 2.24) is 14.9 Å². The zero-order valence-electron chi connectivity index (χ0n) is 24.4. The average molecular weight is 630 g/mol. The van der Waals surface area contributed by atoms with Crippen molar-refractivity contribution in [1.29, 1.82) is 0 Å². The minimum Gasteiger partial charge on any atom is -0.350 e. The molecule has 1 aliphatic rings. The summed E-state index contributed by atoms with van der Waals surface area (Å²) in [5.74, 6) is -0.408. The number of halogens is 1. The van der Waals surface area contributed by atoms with E-state index in [4.69, 9.17) is 11.6 Å². The van der Waals surface area contributed by atoms with Crippen LogP contribution in [0.15, 0.2) is 114 Å². The number of hydrogen-bond donors (Lipinski definition) is 2. The van der Waals surface area contributed by atoms with E-state index < -0.39 is 16.1 Å². The Balaban J connectivity index is 1.34. The molecule has 0 unspecified atom stereocenters. The van der Waals surface area contributed by atoms with Crippen molar-refractivity contribution < 1.29 is 18.0 Å². The second kappa shape index (κ2) is 14.7.